The quantitative estimate of drug-likeness (QED) is 0.878. The first-order valence-corrected chi connectivity index (χ1v) is 6.70. The Morgan fingerprint density at radius 2 is 2.17 bits per heavy atom. The zero-order valence-electron chi connectivity index (χ0n) is 10.2. The van der Waals surface area contributed by atoms with Crippen LogP contribution >= 0.6 is 11.6 Å². The molecular weight excluding hydrogens is 248 g/mol. The summed E-state index contributed by atoms with van der Waals surface area (Å²) in [5, 5.41) is 22.4. The van der Waals surface area contributed by atoms with Gasteiger partial charge >= 0.3 is 0 Å². The van der Waals surface area contributed by atoms with Crippen LogP contribution in [-0.4, -0.2) is 17.8 Å². The van der Waals surface area contributed by atoms with Gasteiger partial charge in [0.25, 0.3) is 0 Å². The average molecular weight is 265 g/mol. The van der Waals surface area contributed by atoms with Crippen LogP contribution < -0.4 is 5.32 Å². The Labute approximate surface area is 112 Å². The standard InChI is InChI=1S/C14H17ClN2O/c15-13-7-12(6-5-11(13)8-16)17-9-14(18)10-3-1-2-4-10/h5-7,10,14,17-18H,1-4,9H2. The fraction of sp³-hybridized carbons (Fsp3) is 0.500. The molecule has 1 fully saturated rings. The van der Waals surface area contributed by atoms with E-state index < -0.39 is 0 Å². The zero-order valence-corrected chi connectivity index (χ0v) is 11.0. The Morgan fingerprint density at radius 3 is 2.78 bits per heavy atom. The normalized spacial score (nSPS) is 17.4. The maximum atomic E-state index is 10.0. The largest absolute Gasteiger partial charge is 0.391 e. The first-order chi connectivity index (χ1) is 8.70. The number of benzene rings is 1. The van der Waals surface area contributed by atoms with Crippen LogP contribution in [0.15, 0.2) is 18.2 Å². The molecule has 1 aromatic carbocycles. The third-order valence-electron chi connectivity index (χ3n) is 3.55. The molecule has 0 heterocycles. The highest BCUT2D eigenvalue weighted by Crippen LogP contribution is 2.28. The summed E-state index contributed by atoms with van der Waals surface area (Å²) in [6.07, 6.45) is 4.39. The minimum atomic E-state index is -0.304. The first kappa shape index (κ1) is 13.2. The summed E-state index contributed by atoms with van der Waals surface area (Å²) in [6.45, 7) is 0.535. The number of rotatable bonds is 4. The van der Waals surface area contributed by atoms with E-state index in [4.69, 9.17) is 16.9 Å². The van der Waals surface area contributed by atoms with E-state index in [0.29, 0.717) is 23.0 Å². The topological polar surface area (TPSA) is 56.0 Å². The predicted octanol–water partition coefficient (Wildman–Crippen LogP) is 3.17. The summed E-state index contributed by atoms with van der Waals surface area (Å²) in [5.41, 5.74) is 1.31. The van der Waals surface area contributed by atoms with E-state index in [1.807, 2.05) is 12.1 Å². The molecule has 2 N–H and O–H groups in total. The Bertz CT molecular complexity index is 450. The van der Waals surface area contributed by atoms with Crippen LogP contribution in [-0.2, 0) is 0 Å². The van der Waals surface area contributed by atoms with Crippen molar-refractivity contribution in [2.45, 2.75) is 31.8 Å². The molecule has 2 rings (SSSR count). The minimum Gasteiger partial charge on any atom is -0.391 e. The van der Waals surface area contributed by atoms with Crippen molar-refractivity contribution in [2.75, 3.05) is 11.9 Å². The summed E-state index contributed by atoms with van der Waals surface area (Å²) in [4.78, 5) is 0. The summed E-state index contributed by atoms with van der Waals surface area (Å²) in [7, 11) is 0. The molecule has 0 amide bonds. The fourth-order valence-corrected chi connectivity index (χ4v) is 2.67. The molecule has 1 saturated carbocycles. The van der Waals surface area contributed by atoms with E-state index in [2.05, 4.69) is 5.32 Å². The number of nitriles is 1. The van der Waals surface area contributed by atoms with E-state index in [9.17, 15) is 5.11 Å². The van der Waals surface area contributed by atoms with Gasteiger partial charge in [0.1, 0.15) is 6.07 Å². The van der Waals surface area contributed by atoms with Gasteiger partial charge in [-0.2, -0.15) is 5.26 Å². The molecule has 1 aliphatic rings. The van der Waals surface area contributed by atoms with Crippen LogP contribution in [0.25, 0.3) is 0 Å². The van der Waals surface area contributed by atoms with Crippen molar-refractivity contribution in [2.24, 2.45) is 5.92 Å². The number of hydrogen-bond acceptors (Lipinski definition) is 3. The van der Waals surface area contributed by atoms with Crippen LogP contribution in [0.3, 0.4) is 0 Å². The number of anilines is 1. The number of nitrogens with zero attached hydrogens (tertiary/aromatic N) is 1. The molecule has 1 atom stereocenters. The predicted molar refractivity (Wildman–Crippen MR) is 72.6 cm³/mol. The lowest BCUT2D eigenvalue weighted by molar-refractivity contribution is 0.123. The van der Waals surface area contributed by atoms with Crippen LogP contribution in [0.1, 0.15) is 31.2 Å². The maximum absolute atomic E-state index is 10.0. The van der Waals surface area contributed by atoms with Crippen LogP contribution in [0.5, 0.6) is 0 Å². The maximum Gasteiger partial charge on any atom is 0.101 e. The number of nitrogens with one attached hydrogen (secondary N) is 1. The fourth-order valence-electron chi connectivity index (χ4n) is 2.45. The Morgan fingerprint density at radius 1 is 1.44 bits per heavy atom. The van der Waals surface area contributed by atoms with Crippen LogP contribution in [0, 0.1) is 17.2 Å². The summed E-state index contributed by atoms with van der Waals surface area (Å²) in [5.74, 6) is 0.423. The second kappa shape index (κ2) is 6.08. The monoisotopic (exact) mass is 264 g/mol. The van der Waals surface area contributed by atoms with Gasteiger partial charge in [-0.25, -0.2) is 0 Å². The molecule has 1 unspecified atom stereocenters. The molecule has 0 saturated heterocycles. The van der Waals surface area contributed by atoms with E-state index in [1.54, 1.807) is 12.1 Å². The smallest absolute Gasteiger partial charge is 0.101 e. The zero-order chi connectivity index (χ0) is 13.0. The second-order valence-corrected chi connectivity index (χ2v) is 5.21. The van der Waals surface area contributed by atoms with Crippen molar-refractivity contribution in [3.05, 3.63) is 28.8 Å². The lowest BCUT2D eigenvalue weighted by atomic mass is 10.0. The van der Waals surface area contributed by atoms with Gasteiger partial charge in [-0.1, -0.05) is 24.4 Å². The van der Waals surface area contributed by atoms with Crippen LogP contribution in [0.2, 0.25) is 5.02 Å². The number of aliphatic hydroxyl groups excluding tert-OH is 1. The summed E-state index contributed by atoms with van der Waals surface area (Å²) < 4.78 is 0. The molecule has 0 radical (unpaired) electrons. The Hall–Kier alpha value is -1.24. The third-order valence-corrected chi connectivity index (χ3v) is 3.86. The number of hydrogen-bond donors (Lipinski definition) is 2. The molecule has 3 nitrogen and oxygen atoms in total. The van der Waals surface area contributed by atoms with Gasteiger partial charge in [-0.15, -0.1) is 0 Å². The molecule has 0 spiro atoms. The van der Waals surface area contributed by atoms with E-state index in [-0.39, 0.29) is 6.10 Å². The molecule has 96 valence electrons. The van der Waals surface area contributed by atoms with Crippen molar-refractivity contribution in [3.8, 4) is 6.07 Å². The highest BCUT2D eigenvalue weighted by molar-refractivity contribution is 6.32. The minimum absolute atomic E-state index is 0.304. The lowest BCUT2D eigenvalue weighted by Gasteiger charge is -2.18. The molecule has 4 heteroatoms. The van der Waals surface area contributed by atoms with Gasteiger partial charge in [-0.05, 0) is 37.0 Å². The van der Waals surface area contributed by atoms with E-state index in [1.165, 1.54) is 12.8 Å². The van der Waals surface area contributed by atoms with E-state index in [0.717, 1.165) is 18.5 Å². The van der Waals surface area contributed by atoms with Crippen molar-refractivity contribution >= 4 is 17.3 Å². The molecular formula is C14H17ClN2O. The number of halogens is 1. The van der Waals surface area contributed by atoms with E-state index >= 15 is 0 Å². The first-order valence-electron chi connectivity index (χ1n) is 6.32. The van der Waals surface area contributed by atoms with Gasteiger partial charge in [-0.3, -0.25) is 0 Å². The molecule has 18 heavy (non-hydrogen) atoms. The molecule has 1 aromatic rings. The van der Waals surface area contributed by atoms with Gasteiger partial charge < -0.3 is 10.4 Å². The SMILES string of the molecule is N#Cc1ccc(NCC(O)C2CCCC2)cc1Cl. The van der Waals surface area contributed by atoms with Crippen molar-refractivity contribution < 1.29 is 5.11 Å². The van der Waals surface area contributed by atoms with Crippen molar-refractivity contribution in [1.82, 2.24) is 0 Å². The summed E-state index contributed by atoms with van der Waals surface area (Å²) >= 11 is 5.95. The summed E-state index contributed by atoms with van der Waals surface area (Å²) in [6, 6.07) is 7.25. The average Bonchev–Trinajstić information content (AvgIpc) is 2.90. The van der Waals surface area contributed by atoms with Crippen molar-refractivity contribution in [3.63, 3.8) is 0 Å². The molecule has 0 aromatic heterocycles. The Balaban J connectivity index is 1.90. The molecule has 0 bridgehead atoms. The highest BCUT2D eigenvalue weighted by Gasteiger charge is 2.22. The number of aliphatic hydroxyl groups is 1. The van der Waals surface area contributed by atoms with Gasteiger partial charge in [0.15, 0.2) is 0 Å². The second-order valence-electron chi connectivity index (χ2n) is 4.80. The van der Waals surface area contributed by atoms with Gasteiger partial charge in [0, 0.05) is 12.2 Å². The lowest BCUT2D eigenvalue weighted by Crippen LogP contribution is -2.26. The van der Waals surface area contributed by atoms with Gasteiger partial charge in [0.05, 0.1) is 16.7 Å². The van der Waals surface area contributed by atoms with Crippen LogP contribution in [0.4, 0.5) is 5.69 Å². The molecule has 0 aliphatic heterocycles. The van der Waals surface area contributed by atoms with Gasteiger partial charge in [0.2, 0.25) is 0 Å². The Kier molecular flexibility index (Phi) is 4.46. The van der Waals surface area contributed by atoms with Crippen molar-refractivity contribution in [1.29, 1.82) is 5.26 Å². The third kappa shape index (κ3) is 3.16. The molecule has 1 aliphatic carbocycles. The highest BCUT2D eigenvalue weighted by atomic mass is 35.5.